The first-order valence-electron chi connectivity index (χ1n) is 7.24. The molecule has 0 aliphatic rings. The molecule has 20 heavy (non-hydrogen) atoms. The van der Waals surface area contributed by atoms with E-state index in [0.717, 1.165) is 22.0 Å². The number of carbonyl (C=O) groups is 1. The highest BCUT2D eigenvalue weighted by molar-refractivity contribution is 5.83. The van der Waals surface area contributed by atoms with Crippen LogP contribution < -0.4 is 5.32 Å². The van der Waals surface area contributed by atoms with Gasteiger partial charge in [0.15, 0.2) is 0 Å². The number of hydrogen-bond donors (Lipinski definition) is 1. The van der Waals surface area contributed by atoms with Crippen LogP contribution in [-0.4, -0.2) is 15.7 Å². The SMILES string of the molecule is CC.CC.CC(=O)NCc1c(C)ccc2cn(C)nc12. The molecule has 2 aromatic rings. The van der Waals surface area contributed by atoms with E-state index in [2.05, 4.69) is 22.5 Å². The Labute approximate surface area is 122 Å². The first-order valence-corrected chi connectivity index (χ1v) is 7.24. The molecular weight excluding hydrogens is 250 g/mol. The summed E-state index contributed by atoms with van der Waals surface area (Å²) in [6.45, 7) is 12.1. The monoisotopic (exact) mass is 277 g/mol. The molecule has 0 saturated heterocycles. The largest absolute Gasteiger partial charge is 0.352 e. The number of nitrogens with zero attached hydrogens (tertiary/aromatic N) is 2. The van der Waals surface area contributed by atoms with Crippen LogP contribution in [0.3, 0.4) is 0 Å². The summed E-state index contributed by atoms with van der Waals surface area (Å²) >= 11 is 0. The summed E-state index contributed by atoms with van der Waals surface area (Å²) in [4.78, 5) is 10.9. The van der Waals surface area contributed by atoms with E-state index in [1.165, 1.54) is 6.92 Å². The second kappa shape index (κ2) is 9.13. The van der Waals surface area contributed by atoms with Gasteiger partial charge in [0.05, 0.1) is 5.52 Å². The second-order valence-corrected chi connectivity index (χ2v) is 4.01. The zero-order valence-corrected chi connectivity index (χ0v) is 13.7. The number of carbonyl (C=O) groups excluding carboxylic acids is 1. The Morgan fingerprint density at radius 3 is 2.40 bits per heavy atom. The molecule has 1 aromatic heterocycles. The molecule has 112 valence electrons. The fourth-order valence-corrected chi connectivity index (χ4v) is 1.80. The smallest absolute Gasteiger partial charge is 0.217 e. The first kappa shape index (κ1) is 18.2. The maximum Gasteiger partial charge on any atom is 0.217 e. The number of nitrogens with one attached hydrogen (secondary N) is 1. The van der Waals surface area contributed by atoms with E-state index in [1.54, 1.807) is 4.68 Å². The third-order valence-electron chi connectivity index (χ3n) is 2.65. The quantitative estimate of drug-likeness (QED) is 0.912. The second-order valence-electron chi connectivity index (χ2n) is 4.01. The minimum atomic E-state index is -0.0210. The van der Waals surface area contributed by atoms with E-state index in [4.69, 9.17) is 0 Å². The summed E-state index contributed by atoms with van der Waals surface area (Å²) in [5, 5.41) is 8.34. The Morgan fingerprint density at radius 1 is 1.25 bits per heavy atom. The van der Waals surface area contributed by atoms with E-state index in [0.29, 0.717) is 6.54 Å². The van der Waals surface area contributed by atoms with Gasteiger partial charge in [-0.05, 0) is 12.5 Å². The van der Waals surface area contributed by atoms with Crippen LogP contribution in [0.5, 0.6) is 0 Å². The average molecular weight is 277 g/mol. The van der Waals surface area contributed by atoms with Crippen molar-refractivity contribution in [2.45, 2.75) is 48.1 Å². The van der Waals surface area contributed by atoms with E-state index in [1.807, 2.05) is 47.9 Å². The van der Waals surface area contributed by atoms with Crippen LogP contribution in [0.4, 0.5) is 0 Å². The minimum absolute atomic E-state index is 0.0210. The van der Waals surface area contributed by atoms with Gasteiger partial charge in [-0.15, -0.1) is 0 Å². The van der Waals surface area contributed by atoms with Gasteiger partial charge in [0.1, 0.15) is 0 Å². The van der Waals surface area contributed by atoms with Crippen LogP contribution in [0.25, 0.3) is 10.9 Å². The summed E-state index contributed by atoms with van der Waals surface area (Å²) < 4.78 is 1.79. The van der Waals surface area contributed by atoms with Gasteiger partial charge in [0, 0.05) is 37.7 Å². The normalized spacial score (nSPS) is 9.15. The summed E-state index contributed by atoms with van der Waals surface area (Å²) in [7, 11) is 1.90. The minimum Gasteiger partial charge on any atom is -0.352 e. The molecule has 0 fully saturated rings. The maximum atomic E-state index is 10.9. The first-order chi connectivity index (χ1) is 9.58. The zero-order valence-electron chi connectivity index (χ0n) is 13.7. The molecule has 0 aliphatic heterocycles. The molecule has 0 bridgehead atoms. The van der Waals surface area contributed by atoms with Crippen LogP contribution in [0.1, 0.15) is 45.7 Å². The molecule has 1 heterocycles. The van der Waals surface area contributed by atoms with Crippen molar-refractivity contribution in [3.8, 4) is 0 Å². The highest BCUT2D eigenvalue weighted by Crippen LogP contribution is 2.20. The Balaban J connectivity index is 0.000000829. The van der Waals surface area contributed by atoms with Gasteiger partial charge in [0.25, 0.3) is 0 Å². The molecule has 4 heteroatoms. The predicted octanol–water partition coefficient (Wildman–Crippen LogP) is 3.57. The number of aromatic nitrogens is 2. The van der Waals surface area contributed by atoms with Crippen LogP contribution in [0.2, 0.25) is 0 Å². The van der Waals surface area contributed by atoms with Gasteiger partial charge >= 0.3 is 0 Å². The number of amides is 1. The van der Waals surface area contributed by atoms with E-state index >= 15 is 0 Å². The average Bonchev–Trinajstić information content (AvgIpc) is 2.82. The van der Waals surface area contributed by atoms with Crippen LogP contribution >= 0.6 is 0 Å². The van der Waals surface area contributed by atoms with Crippen molar-refractivity contribution in [3.05, 3.63) is 29.5 Å². The van der Waals surface area contributed by atoms with Crippen molar-refractivity contribution in [1.82, 2.24) is 15.1 Å². The van der Waals surface area contributed by atoms with Crippen molar-refractivity contribution in [2.24, 2.45) is 7.05 Å². The van der Waals surface area contributed by atoms with Crippen molar-refractivity contribution in [1.29, 1.82) is 0 Å². The van der Waals surface area contributed by atoms with Gasteiger partial charge in [-0.1, -0.05) is 39.8 Å². The molecule has 2 rings (SSSR count). The molecule has 1 amide bonds. The lowest BCUT2D eigenvalue weighted by Gasteiger charge is -2.06. The van der Waals surface area contributed by atoms with Gasteiger partial charge in [-0.3, -0.25) is 9.48 Å². The third kappa shape index (κ3) is 4.68. The fraction of sp³-hybridized carbons (Fsp3) is 0.500. The molecule has 1 N–H and O–H groups in total. The molecule has 0 radical (unpaired) electrons. The third-order valence-corrected chi connectivity index (χ3v) is 2.65. The summed E-state index contributed by atoms with van der Waals surface area (Å²) in [5.74, 6) is -0.0210. The predicted molar refractivity (Wildman–Crippen MR) is 85.7 cm³/mol. The molecule has 1 aromatic carbocycles. The molecule has 0 unspecified atom stereocenters. The van der Waals surface area contributed by atoms with Crippen LogP contribution in [0, 0.1) is 6.92 Å². The lowest BCUT2D eigenvalue weighted by molar-refractivity contribution is -0.119. The Bertz CT molecular complexity index is 544. The van der Waals surface area contributed by atoms with Crippen molar-refractivity contribution in [2.75, 3.05) is 0 Å². The fourth-order valence-electron chi connectivity index (χ4n) is 1.80. The maximum absolute atomic E-state index is 10.9. The van der Waals surface area contributed by atoms with Crippen molar-refractivity contribution in [3.63, 3.8) is 0 Å². The van der Waals surface area contributed by atoms with Gasteiger partial charge < -0.3 is 5.32 Å². The lowest BCUT2D eigenvalue weighted by Crippen LogP contribution is -2.19. The number of benzene rings is 1. The summed E-state index contributed by atoms with van der Waals surface area (Å²) in [6.07, 6.45) is 1.98. The van der Waals surface area contributed by atoms with E-state index in [-0.39, 0.29) is 5.91 Å². The Morgan fingerprint density at radius 2 is 1.85 bits per heavy atom. The van der Waals surface area contributed by atoms with Gasteiger partial charge in [0.2, 0.25) is 5.91 Å². The topological polar surface area (TPSA) is 46.9 Å². The Kier molecular flexibility index (Phi) is 8.29. The molecule has 0 aliphatic carbocycles. The van der Waals surface area contributed by atoms with Crippen LogP contribution in [0.15, 0.2) is 18.3 Å². The molecule has 0 saturated carbocycles. The standard InChI is InChI=1S/C12H15N3O.2C2H6/c1-8-4-5-10-7-15(3)14-12(10)11(8)6-13-9(2)16;2*1-2/h4-5,7H,6H2,1-3H3,(H,13,16);2*1-2H3. The molecule has 4 nitrogen and oxygen atoms in total. The number of rotatable bonds is 2. The van der Waals surface area contributed by atoms with Gasteiger partial charge in [-0.2, -0.15) is 5.10 Å². The van der Waals surface area contributed by atoms with E-state index < -0.39 is 0 Å². The number of hydrogen-bond acceptors (Lipinski definition) is 2. The van der Waals surface area contributed by atoms with Crippen molar-refractivity contribution >= 4 is 16.8 Å². The summed E-state index contributed by atoms with van der Waals surface area (Å²) in [5.41, 5.74) is 3.21. The number of aryl methyl sites for hydroxylation is 2. The summed E-state index contributed by atoms with van der Waals surface area (Å²) in [6, 6.07) is 4.11. The molecular formula is C16H27N3O. The highest BCUT2D eigenvalue weighted by Gasteiger charge is 2.08. The van der Waals surface area contributed by atoms with E-state index in [9.17, 15) is 4.79 Å². The highest BCUT2D eigenvalue weighted by atomic mass is 16.1. The molecule has 0 atom stereocenters. The number of fused-ring (bicyclic) bond motifs is 1. The van der Waals surface area contributed by atoms with Crippen molar-refractivity contribution < 1.29 is 4.79 Å². The molecule has 0 spiro atoms. The van der Waals surface area contributed by atoms with Gasteiger partial charge in [-0.25, -0.2) is 0 Å². The lowest BCUT2D eigenvalue weighted by atomic mass is 10.1. The van der Waals surface area contributed by atoms with Crippen LogP contribution in [-0.2, 0) is 18.4 Å². The Hall–Kier alpha value is -1.84. The zero-order chi connectivity index (χ0) is 15.7.